The number of aromatic nitrogens is 2. The molecule has 3 heterocycles. The second kappa shape index (κ2) is 5.27. The van der Waals surface area contributed by atoms with Crippen LogP contribution in [0.25, 0.3) is 10.2 Å². The van der Waals surface area contributed by atoms with Crippen LogP contribution in [0.1, 0.15) is 16.8 Å². The van der Waals surface area contributed by atoms with E-state index in [1.165, 1.54) is 20.3 Å². The van der Waals surface area contributed by atoms with E-state index in [2.05, 4.69) is 46.4 Å². The van der Waals surface area contributed by atoms with Crippen LogP contribution in [0.3, 0.4) is 0 Å². The zero-order valence-corrected chi connectivity index (χ0v) is 12.6. The number of nitrogens with zero attached hydrogens (tertiary/aromatic N) is 3. The molecule has 0 spiro atoms. The van der Waals surface area contributed by atoms with Gasteiger partial charge >= 0.3 is 0 Å². The minimum absolute atomic E-state index is 0.898. The Labute approximate surface area is 120 Å². The highest BCUT2D eigenvalue weighted by Crippen LogP contribution is 2.30. The lowest BCUT2D eigenvalue weighted by molar-refractivity contribution is 0.941. The lowest BCUT2D eigenvalue weighted by Crippen LogP contribution is -2.15. The highest BCUT2D eigenvalue weighted by Gasteiger charge is 2.10. The van der Waals surface area contributed by atoms with Gasteiger partial charge < -0.3 is 4.90 Å². The van der Waals surface area contributed by atoms with E-state index in [4.69, 9.17) is 0 Å². The fourth-order valence-electron chi connectivity index (χ4n) is 2.06. The molecule has 0 fully saturated rings. The predicted molar refractivity (Wildman–Crippen MR) is 83.2 cm³/mol. The van der Waals surface area contributed by atoms with E-state index in [1.807, 2.05) is 12.4 Å². The molecule has 0 atom stereocenters. The Morgan fingerprint density at radius 2 is 2.16 bits per heavy atom. The summed E-state index contributed by atoms with van der Waals surface area (Å²) in [6.07, 6.45) is 4.89. The summed E-state index contributed by atoms with van der Waals surface area (Å²) in [7, 11) is 2.12. The van der Waals surface area contributed by atoms with Gasteiger partial charge in [0.15, 0.2) is 0 Å². The topological polar surface area (TPSA) is 29.0 Å². The first-order valence-corrected chi connectivity index (χ1v) is 7.94. The monoisotopic (exact) mass is 289 g/mol. The van der Waals surface area contributed by atoms with E-state index >= 15 is 0 Å². The number of hydrogen-bond acceptors (Lipinski definition) is 5. The molecule has 19 heavy (non-hydrogen) atoms. The van der Waals surface area contributed by atoms with Crippen molar-refractivity contribution in [2.75, 3.05) is 11.9 Å². The van der Waals surface area contributed by atoms with Crippen molar-refractivity contribution in [3.8, 4) is 0 Å². The van der Waals surface area contributed by atoms with E-state index in [0.717, 1.165) is 18.5 Å². The van der Waals surface area contributed by atoms with Crippen molar-refractivity contribution in [1.29, 1.82) is 0 Å². The molecule has 3 nitrogen and oxygen atoms in total. The van der Waals surface area contributed by atoms with Crippen LogP contribution in [-0.4, -0.2) is 17.0 Å². The Hall–Kier alpha value is -1.46. The number of thiophene rings is 1. The van der Waals surface area contributed by atoms with Gasteiger partial charge in [-0.2, -0.15) is 0 Å². The zero-order valence-electron chi connectivity index (χ0n) is 11.0. The van der Waals surface area contributed by atoms with Crippen molar-refractivity contribution in [1.82, 2.24) is 9.97 Å². The quantitative estimate of drug-likeness (QED) is 0.728. The summed E-state index contributed by atoms with van der Waals surface area (Å²) in [5, 5.41) is 3.30. The Morgan fingerprint density at radius 1 is 1.26 bits per heavy atom. The number of hydrogen-bond donors (Lipinski definition) is 0. The molecule has 3 rings (SSSR count). The summed E-state index contributed by atoms with van der Waals surface area (Å²) in [6, 6.07) is 4.15. The lowest BCUT2D eigenvalue weighted by Gasteiger charge is -2.18. The minimum Gasteiger partial charge on any atom is -0.368 e. The molecule has 98 valence electrons. The molecule has 0 N–H and O–H groups in total. The van der Waals surface area contributed by atoms with E-state index in [-0.39, 0.29) is 0 Å². The van der Waals surface area contributed by atoms with Crippen LogP contribution in [0.15, 0.2) is 29.9 Å². The van der Waals surface area contributed by atoms with Gasteiger partial charge in [-0.05, 0) is 23.9 Å². The average Bonchev–Trinajstić information content (AvgIpc) is 3.05. The first-order chi connectivity index (χ1) is 9.28. The Bertz CT molecular complexity index is 687. The molecule has 0 aromatic carbocycles. The largest absolute Gasteiger partial charge is 0.368 e. The lowest BCUT2D eigenvalue weighted by atomic mass is 10.3. The third kappa shape index (κ3) is 2.48. The molecule has 0 unspecified atom stereocenters. The van der Waals surface area contributed by atoms with Crippen molar-refractivity contribution >= 4 is 38.6 Å². The summed E-state index contributed by atoms with van der Waals surface area (Å²) >= 11 is 3.54. The molecule has 0 aliphatic rings. The molecule has 5 heteroatoms. The summed E-state index contributed by atoms with van der Waals surface area (Å²) < 4.78 is 1.25. The zero-order chi connectivity index (χ0) is 13.2. The molecule has 0 saturated carbocycles. The molecule has 0 radical (unpaired) electrons. The summed E-state index contributed by atoms with van der Waals surface area (Å²) in [5.74, 6) is 0. The van der Waals surface area contributed by atoms with Crippen molar-refractivity contribution < 1.29 is 0 Å². The van der Waals surface area contributed by atoms with Crippen molar-refractivity contribution in [3.63, 3.8) is 0 Å². The SMILES string of the molecule is CCc1ncc(CN(C)c2ccnc3ccsc23)s1. The van der Waals surface area contributed by atoms with Gasteiger partial charge in [-0.15, -0.1) is 22.7 Å². The Balaban J connectivity index is 1.87. The molecule has 3 aromatic heterocycles. The second-order valence-corrected chi connectivity index (χ2v) is 6.51. The highest BCUT2D eigenvalue weighted by molar-refractivity contribution is 7.17. The van der Waals surface area contributed by atoms with Crippen molar-refractivity contribution in [2.24, 2.45) is 0 Å². The number of rotatable bonds is 4. The number of thiazole rings is 1. The molecule has 3 aromatic rings. The van der Waals surface area contributed by atoms with E-state index in [9.17, 15) is 0 Å². The van der Waals surface area contributed by atoms with Gasteiger partial charge in [-0.25, -0.2) is 4.98 Å². The van der Waals surface area contributed by atoms with Crippen molar-refractivity contribution in [2.45, 2.75) is 19.9 Å². The minimum atomic E-state index is 0.898. The van der Waals surface area contributed by atoms with Crippen LogP contribution in [0.2, 0.25) is 0 Å². The number of fused-ring (bicyclic) bond motifs is 1. The van der Waals surface area contributed by atoms with E-state index < -0.39 is 0 Å². The van der Waals surface area contributed by atoms with Crippen LogP contribution in [0.5, 0.6) is 0 Å². The van der Waals surface area contributed by atoms with Gasteiger partial charge in [-0.3, -0.25) is 4.98 Å². The maximum atomic E-state index is 4.42. The maximum absolute atomic E-state index is 4.42. The normalized spacial score (nSPS) is 11.1. The fourth-order valence-corrected chi connectivity index (χ4v) is 3.90. The third-order valence-electron chi connectivity index (χ3n) is 3.03. The second-order valence-electron chi connectivity index (χ2n) is 4.39. The molecule has 0 saturated heterocycles. The molecule has 0 aliphatic carbocycles. The summed E-state index contributed by atoms with van der Waals surface area (Å²) in [5.41, 5.74) is 2.32. The maximum Gasteiger partial charge on any atom is 0.0925 e. The van der Waals surface area contributed by atoms with E-state index in [0.29, 0.717) is 0 Å². The molecule has 0 bridgehead atoms. The van der Waals surface area contributed by atoms with Crippen molar-refractivity contribution in [3.05, 3.63) is 39.8 Å². The van der Waals surface area contributed by atoms with Gasteiger partial charge in [-0.1, -0.05) is 6.92 Å². The van der Waals surface area contributed by atoms with Gasteiger partial charge in [0.1, 0.15) is 0 Å². The van der Waals surface area contributed by atoms with Gasteiger partial charge in [0.2, 0.25) is 0 Å². The summed E-state index contributed by atoms with van der Waals surface area (Å²) in [6.45, 7) is 3.04. The fraction of sp³-hybridized carbons (Fsp3) is 0.286. The molecule has 0 amide bonds. The van der Waals surface area contributed by atoms with E-state index in [1.54, 1.807) is 22.7 Å². The highest BCUT2D eigenvalue weighted by atomic mass is 32.1. The molecular formula is C14H15N3S2. The standard InChI is InChI=1S/C14H15N3S2/c1-3-13-16-8-10(19-13)9-17(2)12-4-6-15-11-5-7-18-14(11)12/h4-8H,3,9H2,1-2H3. The number of anilines is 1. The summed E-state index contributed by atoms with van der Waals surface area (Å²) in [4.78, 5) is 12.4. The predicted octanol–water partition coefficient (Wildman–Crippen LogP) is 3.95. The van der Waals surface area contributed by atoms with Crippen LogP contribution in [0, 0.1) is 0 Å². The third-order valence-corrected chi connectivity index (χ3v) is 5.08. The van der Waals surface area contributed by atoms with Gasteiger partial charge in [0.25, 0.3) is 0 Å². The van der Waals surface area contributed by atoms with Crippen LogP contribution < -0.4 is 4.90 Å². The van der Waals surface area contributed by atoms with Gasteiger partial charge in [0, 0.05) is 24.3 Å². The number of aryl methyl sites for hydroxylation is 1. The van der Waals surface area contributed by atoms with Crippen LogP contribution in [-0.2, 0) is 13.0 Å². The van der Waals surface area contributed by atoms with Gasteiger partial charge in [0.05, 0.1) is 27.5 Å². The van der Waals surface area contributed by atoms with Crippen LogP contribution in [0.4, 0.5) is 5.69 Å². The molecule has 0 aliphatic heterocycles. The number of pyridine rings is 1. The van der Waals surface area contributed by atoms with Crippen LogP contribution >= 0.6 is 22.7 Å². The smallest absolute Gasteiger partial charge is 0.0925 e. The Kier molecular flexibility index (Phi) is 3.48. The first-order valence-electron chi connectivity index (χ1n) is 6.25. The first kappa shape index (κ1) is 12.6. The average molecular weight is 289 g/mol. The molecular weight excluding hydrogens is 274 g/mol. The Morgan fingerprint density at radius 3 is 2.95 bits per heavy atom.